The lowest BCUT2D eigenvalue weighted by molar-refractivity contribution is 0.0785. The number of nitrogens with zero attached hydrogens (tertiary/aromatic N) is 3. The summed E-state index contributed by atoms with van der Waals surface area (Å²) in [5.41, 5.74) is 2.71. The van der Waals surface area contributed by atoms with E-state index in [4.69, 9.17) is 4.74 Å². The minimum Gasteiger partial charge on any atom is -0.490 e. The van der Waals surface area contributed by atoms with Crippen LogP contribution in [0.5, 0.6) is 5.75 Å². The molecule has 3 aromatic carbocycles. The monoisotopic (exact) mass is 425 g/mol. The predicted octanol–water partition coefficient (Wildman–Crippen LogP) is 4.22. The maximum atomic E-state index is 12.9. The minimum atomic E-state index is -0.146. The van der Waals surface area contributed by atoms with Crippen LogP contribution in [-0.2, 0) is 6.54 Å². The van der Waals surface area contributed by atoms with Crippen molar-refractivity contribution in [3.8, 4) is 11.4 Å². The third-order valence-corrected chi connectivity index (χ3v) is 5.12. The topological polar surface area (TPSA) is 64.4 Å². The number of rotatable bonds is 7. The molecule has 32 heavy (non-hydrogen) atoms. The molecule has 6 heteroatoms. The van der Waals surface area contributed by atoms with Crippen LogP contribution in [0, 0.1) is 0 Å². The summed E-state index contributed by atoms with van der Waals surface area (Å²) < 4.78 is 6.97. The van der Waals surface area contributed by atoms with Gasteiger partial charge in [-0.3, -0.25) is 14.2 Å². The van der Waals surface area contributed by atoms with Crippen LogP contribution in [0.2, 0.25) is 0 Å². The van der Waals surface area contributed by atoms with Crippen molar-refractivity contribution in [2.75, 3.05) is 13.7 Å². The normalized spacial score (nSPS) is 10.7. The zero-order chi connectivity index (χ0) is 22.5. The second-order valence-corrected chi connectivity index (χ2v) is 7.39. The van der Waals surface area contributed by atoms with E-state index in [0.717, 1.165) is 11.3 Å². The fraction of sp³-hybridized carbons (Fsp3) is 0.115. The number of para-hydroxylation sites is 1. The third kappa shape index (κ3) is 4.44. The molecule has 0 unspecified atom stereocenters. The highest BCUT2D eigenvalue weighted by molar-refractivity contribution is 5.94. The molecule has 160 valence electrons. The summed E-state index contributed by atoms with van der Waals surface area (Å²) >= 11 is 0. The Morgan fingerprint density at radius 3 is 2.50 bits per heavy atom. The Balaban J connectivity index is 1.48. The van der Waals surface area contributed by atoms with Crippen LogP contribution in [0.1, 0.15) is 15.9 Å². The number of hydrogen-bond donors (Lipinski definition) is 0. The molecule has 1 aromatic heterocycles. The zero-order valence-electron chi connectivity index (χ0n) is 17.8. The highest BCUT2D eigenvalue weighted by Crippen LogP contribution is 2.16. The van der Waals surface area contributed by atoms with E-state index in [2.05, 4.69) is 11.6 Å². The Bertz CT molecular complexity index is 1310. The molecule has 0 saturated heterocycles. The summed E-state index contributed by atoms with van der Waals surface area (Å²) in [6.45, 7) is 4.55. The molecule has 0 fully saturated rings. The second-order valence-electron chi connectivity index (χ2n) is 7.39. The molecule has 0 aliphatic rings. The molecule has 4 rings (SSSR count). The molecule has 1 amide bonds. The molecular formula is C26H23N3O3. The van der Waals surface area contributed by atoms with Gasteiger partial charge in [0.05, 0.1) is 16.6 Å². The molecule has 0 N–H and O–H groups in total. The van der Waals surface area contributed by atoms with E-state index in [0.29, 0.717) is 35.3 Å². The van der Waals surface area contributed by atoms with Gasteiger partial charge in [0, 0.05) is 19.2 Å². The van der Waals surface area contributed by atoms with Gasteiger partial charge in [-0.05, 0) is 54.1 Å². The average Bonchev–Trinajstić information content (AvgIpc) is 2.84. The Morgan fingerprint density at radius 1 is 1.06 bits per heavy atom. The van der Waals surface area contributed by atoms with Crippen molar-refractivity contribution < 1.29 is 9.53 Å². The fourth-order valence-corrected chi connectivity index (χ4v) is 3.43. The Labute approximate surface area is 186 Å². The van der Waals surface area contributed by atoms with Gasteiger partial charge >= 0.3 is 0 Å². The number of aromatic nitrogens is 2. The first kappa shape index (κ1) is 21.1. The standard InChI is InChI=1S/C26H23N3O3/c1-3-16-32-22-14-8-19(9-15-22)17-28(2)25(30)20-10-12-21(13-11-20)29-18-27-24-7-5-4-6-23(24)26(29)31/h3-15,18H,1,16-17H2,2H3. The van der Waals surface area contributed by atoms with Gasteiger partial charge < -0.3 is 9.64 Å². The van der Waals surface area contributed by atoms with Crippen LogP contribution < -0.4 is 10.3 Å². The van der Waals surface area contributed by atoms with Crippen molar-refractivity contribution in [3.63, 3.8) is 0 Å². The molecule has 6 nitrogen and oxygen atoms in total. The lowest BCUT2D eigenvalue weighted by atomic mass is 10.1. The van der Waals surface area contributed by atoms with Gasteiger partial charge in [0.2, 0.25) is 0 Å². The van der Waals surface area contributed by atoms with E-state index >= 15 is 0 Å². The van der Waals surface area contributed by atoms with Crippen molar-refractivity contribution >= 4 is 16.8 Å². The maximum absolute atomic E-state index is 12.9. The van der Waals surface area contributed by atoms with Crippen LogP contribution in [0.25, 0.3) is 16.6 Å². The molecule has 0 atom stereocenters. The number of carbonyl (C=O) groups is 1. The van der Waals surface area contributed by atoms with Gasteiger partial charge in [0.15, 0.2) is 0 Å². The van der Waals surface area contributed by atoms with Crippen LogP contribution in [0.3, 0.4) is 0 Å². The van der Waals surface area contributed by atoms with E-state index in [9.17, 15) is 9.59 Å². The van der Waals surface area contributed by atoms with E-state index in [-0.39, 0.29) is 11.5 Å². The number of amides is 1. The predicted molar refractivity (Wildman–Crippen MR) is 125 cm³/mol. The van der Waals surface area contributed by atoms with E-state index in [1.54, 1.807) is 54.4 Å². The van der Waals surface area contributed by atoms with E-state index in [1.165, 1.54) is 10.9 Å². The number of carbonyl (C=O) groups excluding carboxylic acids is 1. The Kier molecular flexibility index (Phi) is 6.12. The fourth-order valence-electron chi connectivity index (χ4n) is 3.43. The van der Waals surface area contributed by atoms with E-state index < -0.39 is 0 Å². The summed E-state index contributed by atoms with van der Waals surface area (Å²) in [6, 6.07) is 21.8. The van der Waals surface area contributed by atoms with Crippen molar-refractivity contribution in [1.82, 2.24) is 14.5 Å². The minimum absolute atomic E-state index is 0.104. The first-order chi connectivity index (χ1) is 15.6. The molecule has 0 spiro atoms. The average molecular weight is 425 g/mol. The Morgan fingerprint density at radius 2 is 1.78 bits per heavy atom. The quantitative estimate of drug-likeness (QED) is 0.416. The van der Waals surface area contributed by atoms with E-state index in [1.807, 2.05) is 36.4 Å². The van der Waals surface area contributed by atoms with Crippen molar-refractivity contribution in [2.45, 2.75) is 6.54 Å². The second kappa shape index (κ2) is 9.31. The third-order valence-electron chi connectivity index (χ3n) is 5.12. The first-order valence-electron chi connectivity index (χ1n) is 10.2. The highest BCUT2D eigenvalue weighted by Gasteiger charge is 2.13. The molecule has 0 radical (unpaired) electrons. The molecule has 1 heterocycles. The molecular weight excluding hydrogens is 402 g/mol. The summed E-state index contributed by atoms with van der Waals surface area (Å²) in [5.74, 6) is 0.657. The smallest absolute Gasteiger partial charge is 0.265 e. The summed E-state index contributed by atoms with van der Waals surface area (Å²) in [4.78, 5) is 31.6. The van der Waals surface area contributed by atoms with Crippen molar-refractivity contribution in [3.05, 3.63) is 113 Å². The van der Waals surface area contributed by atoms with Crippen molar-refractivity contribution in [2.24, 2.45) is 0 Å². The van der Waals surface area contributed by atoms with Crippen LogP contribution in [0.4, 0.5) is 0 Å². The maximum Gasteiger partial charge on any atom is 0.265 e. The van der Waals surface area contributed by atoms with Gasteiger partial charge in [0.1, 0.15) is 18.7 Å². The lowest BCUT2D eigenvalue weighted by Crippen LogP contribution is -2.26. The largest absolute Gasteiger partial charge is 0.490 e. The SMILES string of the molecule is C=CCOc1ccc(CN(C)C(=O)c2ccc(-n3cnc4ccccc4c3=O)cc2)cc1. The number of ether oxygens (including phenoxy) is 1. The molecule has 0 saturated carbocycles. The van der Waals surface area contributed by atoms with Crippen molar-refractivity contribution in [1.29, 1.82) is 0 Å². The van der Waals surface area contributed by atoms with Gasteiger partial charge in [-0.25, -0.2) is 4.98 Å². The molecule has 0 aliphatic carbocycles. The summed E-state index contributed by atoms with van der Waals surface area (Å²) in [7, 11) is 1.76. The number of hydrogen-bond acceptors (Lipinski definition) is 4. The van der Waals surface area contributed by atoms with Gasteiger partial charge in [0.25, 0.3) is 11.5 Å². The Hall–Kier alpha value is -4.19. The van der Waals surface area contributed by atoms with Gasteiger partial charge in [-0.1, -0.05) is 36.9 Å². The molecule has 0 aliphatic heterocycles. The van der Waals surface area contributed by atoms with Crippen LogP contribution in [-0.4, -0.2) is 34.0 Å². The summed E-state index contributed by atoms with van der Waals surface area (Å²) in [5, 5.41) is 0.552. The number of benzene rings is 3. The lowest BCUT2D eigenvalue weighted by Gasteiger charge is -2.18. The zero-order valence-corrected chi connectivity index (χ0v) is 17.8. The van der Waals surface area contributed by atoms with Crippen LogP contribution in [0.15, 0.2) is 96.6 Å². The molecule has 0 bridgehead atoms. The van der Waals surface area contributed by atoms with Crippen LogP contribution >= 0.6 is 0 Å². The number of fused-ring (bicyclic) bond motifs is 1. The van der Waals surface area contributed by atoms with Gasteiger partial charge in [-0.2, -0.15) is 0 Å². The highest BCUT2D eigenvalue weighted by atomic mass is 16.5. The molecule has 4 aromatic rings. The summed E-state index contributed by atoms with van der Waals surface area (Å²) in [6.07, 6.45) is 3.20. The van der Waals surface area contributed by atoms with Gasteiger partial charge in [-0.15, -0.1) is 0 Å². The first-order valence-corrected chi connectivity index (χ1v) is 10.2.